The number of hydrogen-bond acceptors (Lipinski definition) is 3. The van der Waals surface area contributed by atoms with Gasteiger partial charge in [-0.15, -0.1) is 0 Å². The van der Waals surface area contributed by atoms with Crippen LogP contribution in [0.3, 0.4) is 0 Å². The summed E-state index contributed by atoms with van der Waals surface area (Å²) >= 11 is 0. The maximum absolute atomic E-state index is 5.72. The van der Waals surface area contributed by atoms with Crippen molar-refractivity contribution >= 4 is 0 Å². The van der Waals surface area contributed by atoms with Crippen molar-refractivity contribution in [2.24, 2.45) is 17.6 Å². The van der Waals surface area contributed by atoms with Crippen molar-refractivity contribution in [1.29, 1.82) is 0 Å². The molecule has 2 rings (SSSR count). The van der Waals surface area contributed by atoms with Crippen LogP contribution in [0.15, 0.2) is 24.3 Å². The van der Waals surface area contributed by atoms with Crippen molar-refractivity contribution in [3.8, 4) is 5.75 Å². The number of hydrogen-bond donors (Lipinski definition) is 1. The minimum Gasteiger partial charge on any atom is -0.497 e. The minimum atomic E-state index is 0.674. The van der Waals surface area contributed by atoms with Crippen molar-refractivity contribution in [1.82, 2.24) is 4.90 Å². The number of rotatable bonds is 6. The molecule has 1 saturated heterocycles. The molecule has 1 unspecified atom stereocenters. The van der Waals surface area contributed by atoms with E-state index in [1.807, 2.05) is 12.1 Å². The summed E-state index contributed by atoms with van der Waals surface area (Å²) in [4.78, 5) is 2.56. The molecule has 0 aliphatic carbocycles. The third-order valence-electron chi connectivity index (χ3n) is 4.41. The number of benzene rings is 1. The van der Waals surface area contributed by atoms with E-state index >= 15 is 0 Å². The zero-order valence-corrected chi connectivity index (χ0v) is 12.8. The van der Waals surface area contributed by atoms with Crippen LogP contribution in [0.1, 0.15) is 31.7 Å². The normalized spacial score (nSPS) is 18.9. The molecule has 0 bridgehead atoms. The Kier molecular flexibility index (Phi) is 5.86. The summed E-state index contributed by atoms with van der Waals surface area (Å²) in [6.07, 6.45) is 3.94. The van der Waals surface area contributed by atoms with Gasteiger partial charge in [0, 0.05) is 6.54 Å². The van der Waals surface area contributed by atoms with Gasteiger partial charge >= 0.3 is 0 Å². The maximum atomic E-state index is 5.72. The van der Waals surface area contributed by atoms with Gasteiger partial charge in [-0.25, -0.2) is 0 Å². The molecular formula is C17H28N2O. The topological polar surface area (TPSA) is 38.5 Å². The molecule has 3 nitrogen and oxygen atoms in total. The molecule has 1 heterocycles. The zero-order valence-electron chi connectivity index (χ0n) is 12.8. The van der Waals surface area contributed by atoms with Crippen LogP contribution in [0.5, 0.6) is 5.75 Å². The van der Waals surface area contributed by atoms with E-state index in [0.717, 1.165) is 24.8 Å². The molecule has 3 heteroatoms. The Morgan fingerprint density at radius 3 is 2.45 bits per heavy atom. The van der Waals surface area contributed by atoms with E-state index in [-0.39, 0.29) is 0 Å². The Morgan fingerprint density at radius 1 is 1.25 bits per heavy atom. The van der Waals surface area contributed by atoms with E-state index in [9.17, 15) is 0 Å². The maximum Gasteiger partial charge on any atom is 0.118 e. The predicted molar refractivity (Wildman–Crippen MR) is 83.8 cm³/mol. The van der Waals surface area contributed by atoms with Gasteiger partial charge in [-0.1, -0.05) is 19.1 Å². The highest BCUT2D eigenvalue weighted by atomic mass is 16.5. The fourth-order valence-electron chi connectivity index (χ4n) is 3.03. The highest BCUT2D eigenvalue weighted by Gasteiger charge is 2.20. The third-order valence-corrected chi connectivity index (χ3v) is 4.41. The van der Waals surface area contributed by atoms with Crippen LogP contribution in [0.2, 0.25) is 0 Å². The van der Waals surface area contributed by atoms with Crippen LogP contribution in [-0.2, 0) is 6.54 Å². The van der Waals surface area contributed by atoms with Gasteiger partial charge in [-0.05, 0) is 68.4 Å². The van der Waals surface area contributed by atoms with Crippen LogP contribution < -0.4 is 10.5 Å². The summed E-state index contributed by atoms with van der Waals surface area (Å²) in [5.74, 6) is 2.48. The third kappa shape index (κ3) is 4.50. The van der Waals surface area contributed by atoms with E-state index in [1.54, 1.807) is 7.11 Å². The first-order valence-electron chi connectivity index (χ1n) is 7.76. The quantitative estimate of drug-likeness (QED) is 0.868. The lowest BCUT2D eigenvalue weighted by molar-refractivity contribution is 0.163. The summed E-state index contributed by atoms with van der Waals surface area (Å²) in [6, 6.07) is 8.43. The zero-order chi connectivity index (χ0) is 14.4. The predicted octanol–water partition coefficient (Wildman–Crippen LogP) is 2.89. The summed E-state index contributed by atoms with van der Waals surface area (Å²) in [5.41, 5.74) is 7.10. The van der Waals surface area contributed by atoms with Gasteiger partial charge in [-0.3, -0.25) is 4.90 Å². The van der Waals surface area contributed by atoms with Crippen LogP contribution in [0.4, 0.5) is 0 Å². The highest BCUT2D eigenvalue weighted by molar-refractivity contribution is 5.27. The first-order chi connectivity index (χ1) is 9.71. The summed E-state index contributed by atoms with van der Waals surface area (Å²) in [7, 11) is 1.71. The fourth-order valence-corrected chi connectivity index (χ4v) is 3.03. The summed E-state index contributed by atoms with van der Waals surface area (Å²) in [6.45, 7) is 6.58. The van der Waals surface area contributed by atoms with E-state index in [2.05, 4.69) is 24.0 Å². The molecule has 0 aromatic heterocycles. The van der Waals surface area contributed by atoms with E-state index < -0.39 is 0 Å². The molecular weight excluding hydrogens is 248 g/mol. The van der Waals surface area contributed by atoms with Crippen molar-refractivity contribution in [2.45, 2.75) is 32.7 Å². The van der Waals surface area contributed by atoms with E-state index in [4.69, 9.17) is 10.5 Å². The molecule has 1 aliphatic heterocycles. The first-order valence-corrected chi connectivity index (χ1v) is 7.76. The molecule has 0 spiro atoms. The molecule has 1 aromatic carbocycles. The van der Waals surface area contributed by atoms with Gasteiger partial charge in [0.2, 0.25) is 0 Å². The van der Waals surface area contributed by atoms with Crippen LogP contribution in [0.25, 0.3) is 0 Å². The number of methoxy groups -OCH3 is 1. The number of piperidine rings is 1. The first kappa shape index (κ1) is 15.3. The lowest BCUT2D eigenvalue weighted by Gasteiger charge is -2.33. The Labute approximate surface area is 123 Å². The largest absolute Gasteiger partial charge is 0.497 e. The van der Waals surface area contributed by atoms with Crippen LogP contribution in [-0.4, -0.2) is 31.6 Å². The standard InChI is InChI=1S/C17H28N2O/c1-14(12-18)11-15-7-9-19(10-8-15)13-16-3-5-17(20-2)6-4-16/h3-6,14-15H,7-13,18H2,1-2H3. The van der Waals surface area contributed by atoms with Gasteiger partial charge in [-0.2, -0.15) is 0 Å². The number of nitrogens with two attached hydrogens (primary N) is 1. The van der Waals surface area contributed by atoms with Crippen molar-refractivity contribution in [2.75, 3.05) is 26.7 Å². The smallest absolute Gasteiger partial charge is 0.118 e. The van der Waals surface area contributed by atoms with Crippen molar-refractivity contribution in [3.63, 3.8) is 0 Å². The molecule has 0 saturated carbocycles. The average Bonchev–Trinajstić information content (AvgIpc) is 2.50. The highest BCUT2D eigenvalue weighted by Crippen LogP contribution is 2.25. The molecule has 112 valence electrons. The summed E-state index contributed by atoms with van der Waals surface area (Å²) in [5, 5.41) is 0. The monoisotopic (exact) mass is 276 g/mol. The molecule has 1 atom stereocenters. The molecule has 0 radical (unpaired) electrons. The van der Waals surface area contributed by atoms with Crippen molar-refractivity contribution in [3.05, 3.63) is 29.8 Å². The van der Waals surface area contributed by atoms with E-state index in [1.165, 1.54) is 37.9 Å². The van der Waals surface area contributed by atoms with Crippen LogP contribution >= 0.6 is 0 Å². The van der Waals surface area contributed by atoms with Gasteiger partial charge in [0.1, 0.15) is 5.75 Å². The minimum absolute atomic E-state index is 0.674. The second-order valence-electron chi connectivity index (χ2n) is 6.14. The molecule has 2 N–H and O–H groups in total. The molecule has 1 aliphatic rings. The molecule has 20 heavy (non-hydrogen) atoms. The van der Waals surface area contributed by atoms with Crippen molar-refractivity contribution < 1.29 is 4.74 Å². The lowest BCUT2D eigenvalue weighted by atomic mass is 9.88. The Hall–Kier alpha value is -1.06. The molecule has 1 fully saturated rings. The summed E-state index contributed by atoms with van der Waals surface area (Å²) < 4.78 is 5.20. The van der Waals surface area contributed by atoms with Gasteiger partial charge in [0.05, 0.1) is 7.11 Å². The molecule has 0 amide bonds. The Morgan fingerprint density at radius 2 is 1.90 bits per heavy atom. The number of ether oxygens (including phenoxy) is 1. The van der Waals surface area contributed by atoms with E-state index in [0.29, 0.717) is 5.92 Å². The SMILES string of the molecule is COc1ccc(CN2CCC(CC(C)CN)CC2)cc1. The Bertz CT molecular complexity index is 382. The second-order valence-corrected chi connectivity index (χ2v) is 6.14. The molecule has 1 aromatic rings. The van der Waals surface area contributed by atoms with Gasteiger partial charge < -0.3 is 10.5 Å². The number of likely N-dealkylation sites (tertiary alicyclic amines) is 1. The Balaban J connectivity index is 1.76. The van der Waals surface area contributed by atoms with Gasteiger partial charge in [0.15, 0.2) is 0 Å². The second kappa shape index (κ2) is 7.65. The average molecular weight is 276 g/mol. The number of nitrogens with zero attached hydrogens (tertiary/aromatic N) is 1. The van der Waals surface area contributed by atoms with Crippen LogP contribution in [0, 0.1) is 11.8 Å². The fraction of sp³-hybridized carbons (Fsp3) is 0.647. The lowest BCUT2D eigenvalue weighted by Crippen LogP contribution is -2.34. The van der Waals surface area contributed by atoms with Gasteiger partial charge in [0.25, 0.3) is 0 Å².